The zero-order chi connectivity index (χ0) is 16.7. The Balaban J connectivity index is 0.000000168. The first-order valence-corrected chi connectivity index (χ1v) is 7.31. The summed E-state index contributed by atoms with van der Waals surface area (Å²) >= 11 is 0. The summed E-state index contributed by atoms with van der Waals surface area (Å²) in [6.45, 7) is 2.06. The molecule has 5 nitrogen and oxygen atoms in total. The number of methoxy groups -OCH3 is 1. The molecule has 0 saturated carbocycles. The van der Waals surface area contributed by atoms with E-state index in [-0.39, 0.29) is 5.75 Å². The second-order valence-electron chi connectivity index (χ2n) is 4.87. The lowest BCUT2D eigenvalue weighted by Gasteiger charge is -2.03. The van der Waals surface area contributed by atoms with Crippen LogP contribution >= 0.6 is 0 Å². The highest BCUT2D eigenvalue weighted by Crippen LogP contribution is 2.26. The van der Waals surface area contributed by atoms with Crippen LogP contribution in [0, 0.1) is 0 Å². The molecule has 23 heavy (non-hydrogen) atoms. The molecule has 120 valence electrons. The fourth-order valence-corrected chi connectivity index (χ4v) is 2.22. The fourth-order valence-electron chi connectivity index (χ4n) is 2.22. The normalized spacial score (nSPS) is 9.83. The Hall–Kier alpha value is -2.95. The van der Waals surface area contributed by atoms with Gasteiger partial charge in [-0.15, -0.1) is 0 Å². The van der Waals surface area contributed by atoms with Gasteiger partial charge in [-0.2, -0.15) is 0 Å². The fraction of sp³-hybridized carbons (Fsp3) is 0.167. The van der Waals surface area contributed by atoms with E-state index < -0.39 is 0 Å². The van der Waals surface area contributed by atoms with E-state index in [1.165, 1.54) is 5.56 Å². The van der Waals surface area contributed by atoms with Crippen LogP contribution in [0.4, 0.5) is 5.69 Å². The maximum Gasteiger partial charge on any atom is 0.211 e. The number of phenols is 1. The molecule has 0 aliphatic rings. The number of phenolic OH excluding ortho intramolecular Hbond substituents is 1. The number of aryl methyl sites for hydroxylation is 1. The van der Waals surface area contributed by atoms with Crippen molar-refractivity contribution >= 4 is 23.0 Å². The topological polar surface area (TPSA) is 74.3 Å². The number of anilines is 1. The van der Waals surface area contributed by atoms with E-state index in [1.807, 2.05) is 42.6 Å². The molecule has 5 heteroatoms. The van der Waals surface area contributed by atoms with Crippen molar-refractivity contribution in [1.29, 1.82) is 0 Å². The van der Waals surface area contributed by atoms with Crippen LogP contribution in [0.3, 0.4) is 0 Å². The van der Waals surface area contributed by atoms with Crippen LogP contribution in [0.5, 0.6) is 11.5 Å². The van der Waals surface area contributed by atoms with Crippen molar-refractivity contribution in [3.63, 3.8) is 0 Å². The Morgan fingerprint density at radius 2 is 2.09 bits per heavy atom. The number of carbonyl (C=O) groups is 1. The predicted octanol–water partition coefficient (Wildman–Crippen LogP) is 3.70. The monoisotopic (exact) mass is 312 g/mol. The Morgan fingerprint density at radius 1 is 1.26 bits per heavy atom. The van der Waals surface area contributed by atoms with E-state index in [0.717, 1.165) is 23.0 Å². The molecular weight excluding hydrogens is 292 g/mol. The standard InChI is InChI=1S/C9H8N2O.C9H12O2/c12-6-11-9-3-1-2-8-7(9)4-5-10-8;1-3-7-4-5-8(10)9(6-7)11-2/h1-6,10H,(H,11,12);4-6,10H,3H2,1-2H3. The number of nitrogens with one attached hydrogen (secondary N) is 2. The SMILES string of the molecule is CCc1ccc(O)c(OC)c1.O=CNc1cccc2[nH]ccc12. The molecule has 0 aliphatic carbocycles. The Kier molecular flexibility index (Phi) is 5.63. The summed E-state index contributed by atoms with van der Waals surface area (Å²) in [5, 5.41) is 12.9. The van der Waals surface area contributed by atoms with Crippen LogP contribution in [-0.2, 0) is 11.2 Å². The van der Waals surface area contributed by atoms with Crippen LogP contribution in [-0.4, -0.2) is 23.6 Å². The van der Waals surface area contributed by atoms with Crippen molar-refractivity contribution in [3.8, 4) is 11.5 Å². The molecule has 3 N–H and O–H groups in total. The molecule has 1 heterocycles. The Bertz CT molecular complexity index is 781. The molecular formula is C18H20N2O3. The number of amides is 1. The summed E-state index contributed by atoms with van der Waals surface area (Å²) in [4.78, 5) is 13.3. The molecule has 3 aromatic rings. The van der Waals surface area contributed by atoms with Gasteiger partial charge in [0.25, 0.3) is 0 Å². The summed E-state index contributed by atoms with van der Waals surface area (Å²) in [6, 6.07) is 13.0. The minimum absolute atomic E-state index is 0.199. The van der Waals surface area contributed by atoms with E-state index in [9.17, 15) is 9.90 Å². The van der Waals surface area contributed by atoms with Gasteiger partial charge in [-0.05, 0) is 42.3 Å². The van der Waals surface area contributed by atoms with Crippen molar-refractivity contribution in [3.05, 3.63) is 54.2 Å². The highest BCUT2D eigenvalue weighted by molar-refractivity contribution is 5.95. The van der Waals surface area contributed by atoms with Gasteiger partial charge in [0.05, 0.1) is 7.11 Å². The van der Waals surface area contributed by atoms with E-state index in [2.05, 4.69) is 17.2 Å². The average molecular weight is 312 g/mol. The number of aromatic nitrogens is 1. The molecule has 0 unspecified atom stereocenters. The number of hydrogen-bond donors (Lipinski definition) is 3. The van der Waals surface area contributed by atoms with Gasteiger partial charge in [0.15, 0.2) is 11.5 Å². The minimum atomic E-state index is 0.199. The first-order valence-electron chi connectivity index (χ1n) is 7.31. The molecule has 0 radical (unpaired) electrons. The number of aromatic amines is 1. The van der Waals surface area contributed by atoms with Crippen LogP contribution in [0.1, 0.15) is 12.5 Å². The summed E-state index contributed by atoms with van der Waals surface area (Å²) in [7, 11) is 1.55. The molecule has 1 amide bonds. The van der Waals surface area contributed by atoms with Gasteiger partial charge in [-0.3, -0.25) is 4.79 Å². The highest BCUT2D eigenvalue weighted by atomic mass is 16.5. The third-order valence-corrected chi connectivity index (χ3v) is 3.46. The van der Waals surface area contributed by atoms with E-state index in [0.29, 0.717) is 12.2 Å². The third-order valence-electron chi connectivity index (χ3n) is 3.46. The average Bonchev–Trinajstić information content (AvgIpc) is 3.06. The number of fused-ring (bicyclic) bond motifs is 1. The smallest absolute Gasteiger partial charge is 0.211 e. The van der Waals surface area contributed by atoms with Crippen LogP contribution < -0.4 is 10.1 Å². The molecule has 3 rings (SSSR count). The maximum atomic E-state index is 10.2. The van der Waals surface area contributed by atoms with E-state index in [4.69, 9.17) is 4.74 Å². The highest BCUT2D eigenvalue weighted by Gasteiger charge is 2.00. The van der Waals surface area contributed by atoms with Crippen molar-refractivity contribution in [2.24, 2.45) is 0 Å². The number of carbonyl (C=O) groups excluding carboxylic acids is 1. The molecule has 0 bridgehead atoms. The van der Waals surface area contributed by atoms with Gasteiger partial charge in [-0.25, -0.2) is 0 Å². The van der Waals surface area contributed by atoms with Gasteiger partial charge in [0, 0.05) is 22.8 Å². The number of benzene rings is 2. The maximum absolute atomic E-state index is 10.2. The lowest BCUT2D eigenvalue weighted by molar-refractivity contribution is -0.105. The molecule has 2 aromatic carbocycles. The largest absolute Gasteiger partial charge is 0.504 e. The third kappa shape index (κ3) is 4.03. The Morgan fingerprint density at radius 3 is 2.78 bits per heavy atom. The zero-order valence-electron chi connectivity index (χ0n) is 13.2. The molecule has 0 atom stereocenters. The molecule has 0 aliphatic heterocycles. The minimum Gasteiger partial charge on any atom is -0.504 e. The van der Waals surface area contributed by atoms with Crippen molar-refractivity contribution in [2.75, 3.05) is 12.4 Å². The number of H-pyrrole nitrogens is 1. The van der Waals surface area contributed by atoms with Crippen molar-refractivity contribution < 1.29 is 14.6 Å². The number of rotatable bonds is 4. The summed E-state index contributed by atoms with van der Waals surface area (Å²) in [5.74, 6) is 0.744. The van der Waals surface area contributed by atoms with Gasteiger partial charge in [-0.1, -0.05) is 19.1 Å². The second kappa shape index (κ2) is 7.89. The number of aromatic hydroxyl groups is 1. The predicted molar refractivity (Wildman–Crippen MR) is 92.0 cm³/mol. The van der Waals surface area contributed by atoms with Gasteiger partial charge in [0.2, 0.25) is 6.41 Å². The van der Waals surface area contributed by atoms with Crippen molar-refractivity contribution in [1.82, 2.24) is 4.98 Å². The summed E-state index contributed by atoms with van der Waals surface area (Å²) in [6.07, 6.45) is 3.49. The second-order valence-corrected chi connectivity index (χ2v) is 4.87. The lowest BCUT2D eigenvalue weighted by Crippen LogP contribution is -1.93. The first-order chi connectivity index (χ1) is 11.2. The van der Waals surface area contributed by atoms with E-state index >= 15 is 0 Å². The van der Waals surface area contributed by atoms with E-state index in [1.54, 1.807) is 13.2 Å². The summed E-state index contributed by atoms with van der Waals surface area (Å²) in [5.41, 5.74) is 3.03. The molecule has 0 spiro atoms. The van der Waals surface area contributed by atoms with Crippen molar-refractivity contribution in [2.45, 2.75) is 13.3 Å². The van der Waals surface area contributed by atoms with Crippen LogP contribution in [0.2, 0.25) is 0 Å². The molecule has 0 fully saturated rings. The molecule has 0 saturated heterocycles. The van der Waals surface area contributed by atoms with Gasteiger partial charge in [0.1, 0.15) is 0 Å². The first kappa shape index (κ1) is 16.4. The zero-order valence-corrected chi connectivity index (χ0v) is 13.2. The number of hydrogen-bond acceptors (Lipinski definition) is 3. The molecule has 1 aromatic heterocycles. The van der Waals surface area contributed by atoms with Gasteiger partial charge < -0.3 is 20.1 Å². The van der Waals surface area contributed by atoms with Crippen LogP contribution in [0.25, 0.3) is 10.9 Å². The summed E-state index contributed by atoms with van der Waals surface area (Å²) < 4.78 is 4.94. The quantitative estimate of drug-likeness (QED) is 0.643. The van der Waals surface area contributed by atoms with Gasteiger partial charge >= 0.3 is 0 Å². The van der Waals surface area contributed by atoms with Crippen LogP contribution in [0.15, 0.2) is 48.7 Å². The number of ether oxygens (including phenoxy) is 1. The Labute approximate surface area is 134 Å². The lowest BCUT2D eigenvalue weighted by atomic mass is 10.1.